The topological polar surface area (TPSA) is 131 Å². The van der Waals surface area contributed by atoms with E-state index in [2.05, 4.69) is 4.98 Å². The fourth-order valence-corrected chi connectivity index (χ4v) is 0.651. The summed E-state index contributed by atoms with van der Waals surface area (Å²) in [5, 5.41) is 15.6. The number of hydrogen-bond donors (Lipinski definition) is 3. The van der Waals surface area contributed by atoms with E-state index >= 15 is 0 Å². The summed E-state index contributed by atoms with van der Waals surface area (Å²) < 4.78 is 0. The number of hydrogen-bond acceptors (Lipinski definition) is 4. The number of nitrogens with two attached hydrogens (primary N) is 1. The zero-order valence-corrected chi connectivity index (χ0v) is 8.61. The van der Waals surface area contributed by atoms with Crippen LogP contribution in [0.1, 0.15) is 10.5 Å². The Bertz CT molecular complexity index is 412. The van der Waals surface area contributed by atoms with Gasteiger partial charge in [0.2, 0.25) is 0 Å². The van der Waals surface area contributed by atoms with E-state index in [9.17, 15) is 14.4 Å². The standard InChI is InChI=1S/C6H6N2O.C4H4O4/c7-6(9)5-3-1-2-4-8-5;5-3(6)1-2-4(7)8/h1-4H,(H2,7,9);1-2H,(H,5,6)(H,7,8)/b;2-1+. The van der Waals surface area contributed by atoms with Crippen LogP contribution in [0, 0.1) is 0 Å². The quantitative estimate of drug-likeness (QED) is 0.630. The molecule has 17 heavy (non-hydrogen) atoms. The van der Waals surface area contributed by atoms with Crippen LogP contribution in [-0.2, 0) is 9.59 Å². The second-order valence-corrected chi connectivity index (χ2v) is 2.59. The van der Waals surface area contributed by atoms with Gasteiger partial charge < -0.3 is 15.9 Å². The van der Waals surface area contributed by atoms with Gasteiger partial charge in [-0.2, -0.15) is 0 Å². The molecule has 90 valence electrons. The smallest absolute Gasteiger partial charge is 0.328 e. The Labute approximate surface area is 96.2 Å². The lowest BCUT2D eigenvalue weighted by Gasteiger charge is -1.88. The normalized spacial score (nSPS) is 9.18. The molecule has 0 radical (unpaired) electrons. The summed E-state index contributed by atoms with van der Waals surface area (Å²) in [7, 11) is 0. The number of aliphatic carboxylic acids is 2. The number of aromatic nitrogens is 1. The van der Waals surface area contributed by atoms with E-state index in [1.165, 1.54) is 6.20 Å². The monoisotopic (exact) mass is 238 g/mol. The molecule has 1 amide bonds. The molecular weight excluding hydrogens is 228 g/mol. The van der Waals surface area contributed by atoms with Crippen LogP contribution in [0.2, 0.25) is 0 Å². The van der Waals surface area contributed by atoms with Gasteiger partial charge in [0.05, 0.1) is 0 Å². The van der Waals surface area contributed by atoms with Crippen LogP contribution in [0.3, 0.4) is 0 Å². The summed E-state index contributed by atoms with van der Waals surface area (Å²) in [6, 6.07) is 5.02. The van der Waals surface area contributed by atoms with Crippen LogP contribution in [0.25, 0.3) is 0 Å². The molecule has 0 aliphatic heterocycles. The lowest BCUT2D eigenvalue weighted by molar-refractivity contribution is -0.134. The van der Waals surface area contributed by atoms with E-state index in [1.807, 2.05) is 0 Å². The van der Waals surface area contributed by atoms with E-state index in [0.717, 1.165) is 0 Å². The third kappa shape index (κ3) is 8.30. The molecular formula is C10H10N2O5. The molecule has 0 bridgehead atoms. The summed E-state index contributed by atoms with van der Waals surface area (Å²) in [5.74, 6) is -3.00. The van der Waals surface area contributed by atoms with Crippen molar-refractivity contribution in [3.63, 3.8) is 0 Å². The minimum absolute atomic E-state index is 0.303. The molecule has 1 heterocycles. The van der Waals surface area contributed by atoms with Crippen LogP contribution in [-0.4, -0.2) is 33.0 Å². The predicted molar refractivity (Wildman–Crippen MR) is 57.2 cm³/mol. The highest BCUT2D eigenvalue weighted by Gasteiger charge is 1.96. The molecule has 7 heteroatoms. The van der Waals surface area contributed by atoms with Crippen molar-refractivity contribution in [2.24, 2.45) is 5.73 Å². The van der Waals surface area contributed by atoms with Crippen molar-refractivity contribution in [3.05, 3.63) is 42.2 Å². The lowest BCUT2D eigenvalue weighted by Crippen LogP contribution is -2.12. The van der Waals surface area contributed by atoms with Crippen molar-refractivity contribution >= 4 is 17.8 Å². The molecule has 1 aromatic rings. The first-order chi connectivity index (χ1) is 7.93. The number of nitrogens with zero attached hydrogens (tertiary/aromatic N) is 1. The Morgan fingerprint density at radius 2 is 1.65 bits per heavy atom. The molecule has 1 aromatic heterocycles. The van der Waals surface area contributed by atoms with Gasteiger partial charge in [-0.3, -0.25) is 9.78 Å². The van der Waals surface area contributed by atoms with E-state index < -0.39 is 17.8 Å². The molecule has 0 aliphatic rings. The first-order valence-corrected chi connectivity index (χ1v) is 4.28. The van der Waals surface area contributed by atoms with E-state index in [4.69, 9.17) is 15.9 Å². The third-order valence-electron chi connectivity index (χ3n) is 1.29. The molecule has 0 aliphatic carbocycles. The average molecular weight is 238 g/mol. The van der Waals surface area contributed by atoms with Crippen molar-refractivity contribution in [1.29, 1.82) is 0 Å². The number of carbonyl (C=O) groups is 3. The van der Waals surface area contributed by atoms with Gasteiger partial charge in [0.1, 0.15) is 5.69 Å². The Kier molecular flexibility index (Phi) is 6.37. The van der Waals surface area contributed by atoms with Gasteiger partial charge >= 0.3 is 11.9 Å². The molecule has 4 N–H and O–H groups in total. The van der Waals surface area contributed by atoms with Crippen molar-refractivity contribution < 1.29 is 24.6 Å². The van der Waals surface area contributed by atoms with Gasteiger partial charge in [0, 0.05) is 18.3 Å². The minimum Gasteiger partial charge on any atom is -0.478 e. The van der Waals surface area contributed by atoms with E-state index in [0.29, 0.717) is 17.8 Å². The number of carboxylic acids is 2. The maximum atomic E-state index is 10.4. The summed E-state index contributed by atoms with van der Waals surface area (Å²) in [4.78, 5) is 33.2. The van der Waals surface area contributed by atoms with Crippen molar-refractivity contribution in [2.75, 3.05) is 0 Å². The molecule has 0 saturated heterocycles. The zero-order chi connectivity index (χ0) is 13.3. The fraction of sp³-hybridized carbons (Fsp3) is 0. The van der Waals surface area contributed by atoms with Gasteiger partial charge in [-0.1, -0.05) is 6.07 Å². The average Bonchev–Trinajstić information content (AvgIpc) is 2.28. The number of rotatable bonds is 3. The van der Waals surface area contributed by atoms with Gasteiger partial charge in [-0.25, -0.2) is 9.59 Å². The highest BCUT2D eigenvalue weighted by molar-refractivity contribution is 5.90. The Morgan fingerprint density at radius 1 is 1.12 bits per heavy atom. The second kappa shape index (κ2) is 7.57. The van der Waals surface area contributed by atoms with E-state index in [-0.39, 0.29) is 0 Å². The van der Waals surface area contributed by atoms with Crippen LogP contribution in [0.4, 0.5) is 0 Å². The van der Waals surface area contributed by atoms with Gasteiger partial charge in [-0.05, 0) is 12.1 Å². The minimum atomic E-state index is -1.26. The summed E-state index contributed by atoms with van der Waals surface area (Å²) in [6.07, 6.45) is 2.64. The van der Waals surface area contributed by atoms with Crippen molar-refractivity contribution in [3.8, 4) is 0 Å². The number of amides is 1. The molecule has 0 fully saturated rings. The fourth-order valence-electron chi connectivity index (χ4n) is 0.651. The molecule has 0 atom stereocenters. The van der Waals surface area contributed by atoms with Gasteiger partial charge in [-0.15, -0.1) is 0 Å². The zero-order valence-electron chi connectivity index (χ0n) is 8.61. The molecule has 1 rings (SSSR count). The maximum absolute atomic E-state index is 10.4. The number of primary amides is 1. The lowest BCUT2D eigenvalue weighted by atomic mass is 10.3. The predicted octanol–water partition coefficient (Wildman–Crippen LogP) is -0.108. The van der Waals surface area contributed by atoms with Gasteiger partial charge in [0.15, 0.2) is 0 Å². The highest BCUT2D eigenvalue weighted by atomic mass is 16.4. The Morgan fingerprint density at radius 3 is 1.88 bits per heavy atom. The largest absolute Gasteiger partial charge is 0.478 e. The van der Waals surface area contributed by atoms with Crippen LogP contribution < -0.4 is 5.73 Å². The SMILES string of the molecule is NC(=O)c1ccccn1.O=C(O)/C=C/C(=O)O. The first-order valence-electron chi connectivity index (χ1n) is 4.28. The molecule has 0 saturated carbocycles. The number of carboxylic acid groups (broad SMARTS) is 2. The molecule has 7 nitrogen and oxygen atoms in total. The highest BCUT2D eigenvalue weighted by Crippen LogP contribution is 1.88. The van der Waals surface area contributed by atoms with Crippen molar-refractivity contribution in [1.82, 2.24) is 4.98 Å². The first kappa shape index (κ1) is 14.3. The Balaban J connectivity index is 0.000000304. The van der Waals surface area contributed by atoms with E-state index in [1.54, 1.807) is 18.2 Å². The molecule has 0 spiro atoms. The number of pyridine rings is 1. The van der Waals surface area contributed by atoms with Gasteiger partial charge in [0.25, 0.3) is 5.91 Å². The Hall–Kier alpha value is -2.70. The molecule has 0 aromatic carbocycles. The third-order valence-corrected chi connectivity index (χ3v) is 1.29. The summed E-state index contributed by atoms with van der Waals surface area (Å²) >= 11 is 0. The van der Waals surface area contributed by atoms with Crippen LogP contribution in [0.15, 0.2) is 36.5 Å². The van der Waals surface area contributed by atoms with Crippen LogP contribution >= 0.6 is 0 Å². The molecule has 0 unspecified atom stereocenters. The van der Waals surface area contributed by atoms with Crippen molar-refractivity contribution in [2.45, 2.75) is 0 Å². The second-order valence-electron chi connectivity index (χ2n) is 2.59. The van der Waals surface area contributed by atoms with Crippen LogP contribution in [0.5, 0.6) is 0 Å². The maximum Gasteiger partial charge on any atom is 0.328 e. The summed E-state index contributed by atoms with van der Waals surface area (Å²) in [6.45, 7) is 0. The number of carbonyl (C=O) groups excluding carboxylic acids is 1. The summed E-state index contributed by atoms with van der Waals surface area (Å²) in [5.41, 5.74) is 5.22.